The van der Waals surface area contributed by atoms with Gasteiger partial charge in [-0.05, 0) is 26.1 Å². The van der Waals surface area contributed by atoms with Gasteiger partial charge in [-0.3, -0.25) is 0 Å². The lowest BCUT2D eigenvalue weighted by Crippen LogP contribution is -2.09. The summed E-state index contributed by atoms with van der Waals surface area (Å²) in [5.74, 6) is 1.97. The second kappa shape index (κ2) is 4.99. The van der Waals surface area contributed by atoms with Crippen LogP contribution >= 0.6 is 0 Å². The third-order valence-corrected chi connectivity index (χ3v) is 2.64. The predicted octanol–water partition coefficient (Wildman–Crippen LogP) is 1.49. The van der Waals surface area contributed by atoms with Crippen LogP contribution in [0.2, 0.25) is 0 Å². The topological polar surface area (TPSA) is 38.6 Å². The minimum Gasteiger partial charge on any atom is -0.497 e. The number of aryl methyl sites for hydroxylation is 1. The molecule has 0 fully saturated rings. The number of pyridine rings is 1. The van der Waals surface area contributed by atoms with E-state index in [2.05, 4.69) is 14.7 Å². The van der Waals surface area contributed by atoms with Gasteiger partial charge in [-0.1, -0.05) is 0 Å². The molecule has 0 aliphatic carbocycles. The van der Waals surface area contributed by atoms with Crippen molar-refractivity contribution < 1.29 is 4.74 Å². The molecule has 2 rings (SSSR count). The zero-order chi connectivity index (χ0) is 11.4. The number of aromatic nitrogens is 2. The molecule has 4 heteroatoms. The van der Waals surface area contributed by atoms with Crippen LogP contribution in [0.5, 0.6) is 5.75 Å². The van der Waals surface area contributed by atoms with Gasteiger partial charge in [-0.15, -0.1) is 0 Å². The zero-order valence-corrected chi connectivity index (χ0v) is 9.73. The maximum absolute atomic E-state index is 5.18. The number of nitrogens with zero attached hydrogens (tertiary/aromatic N) is 2. The van der Waals surface area contributed by atoms with Crippen LogP contribution < -0.4 is 10.1 Å². The van der Waals surface area contributed by atoms with Gasteiger partial charge in [0.2, 0.25) is 0 Å². The molecule has 0 spiro atoms. The number of nitrogens with one attached hydrogen (secondary N) is 1. The quantitative estimate of drug-likeness (QED) is 0.774. The van der Waals surface area contributed by atoms with Crippen LogP contribution in [0, 0.1) is 0 Å². The molecule has 86 valence electrons. The molecule has 0 radical (unpaired) electrons. The van der Waals surface area contributed by atoms with Crippen molar-refractivity contribution >= 4 is 5.52 Å². The number of hydrogen-bond donors (Lipinski definition) is 1. The molecule has 2 aromatic rings. The minimum absolute atomic E-state index is 0.870. The summed E-state index contributed by atoms with van der Waals surface area (Å²) in [6.07, 6.45) is 5.98. The van der Waals surface area contributed by atoms with Crippen molar-refractivity contribution in [3.8, 4) is 5.75 Å². The van der Waals surface area contributed by atoms with Gasteiger partial charge in [0, 0.05) is 18.7 Å². The Morgan fingerprint density at radius 3 is 3.12 bits per heavy atom. The van der Waals surface area contributed by atoms with Crippen LogP contribution in [0.4, 0.5) is 0 Å². The molecule has 16 heavy (non-hydrogen) atoms. The third-order valence-electron chi connectivity index (χ3n) is 2.64. The molecule has 0 atom stereocenters. The first-order chi connectivity index (χ1) is 7.85. The van der Waals surface area contributed by atoms with Crippen molar-refractivity contribution in [2.24, 2.45) is 0 Å². The molecule has 0 saturated carbocycles. The Balaban J connectivity index is 2.20. The van der Waals surface area contributed by atoms with Crippen molar-refractivity contribution in [2.75, 3.05) is 20.7 Å². The summed E-state index contributed by atoms with van der Waals surface area (Å²) in [7, 11) is 3.64. The normalized spacial score (nSPS) is 10.9. The molecule has 1 N–H and O–H groups in total. The van der Waals surface area contributed by atoms with E-state index in [4.69, 9.17) is 4.74 Å². The number of hydrogen-bond acceptors (Lipinski definition) is 3. The second-order valence-corrected chi connectivity index (χ2v) is 3.74. The lowest BCUT2D eigenvalue weighted by Gasteiger charge is -2.03. The van der Waals surface area contributed by atoms with Gasteiger partial charge in [0.25, 0.3) is 0 Å². The van der Waals surface area contributed by atoms with Gasteiger partial charge in [0.05, 0.1) is 18.8 Å². The first kappa shape index (κ1) is 11.0. The lowest BCUT2D eigenvalue weighted by molar-refractivity contribution is 0.414. The molecule has 4 nitrogen and oxygen atoms in total. The first-order valence-corrected chi connectivity index (χ1v) is 5.49. The fourth-order valence-corrected chi connectivity index (χ4v) is 1.77. The van der Waals surface area contributed by atoms with Crippen LogP contribution in [0.3, 0.4) is 0 Å². The van der Waals surface area contributed by atoms with Crippen molar-refractivity contribution in [3.05, 3.63) is 30.4 Å². The average molecular weight is 219 g/mol. The van der Waals surface area contributed by atoms with Crippen LogP contribution in [0.25, 0.3) is 5.52 Å². The molecule has 0 aliphatic heterocycles. The average Bonchev–Trinajstić information content (AvgIpc) is 2.72. The maximum Gasteiger partial charge on any atom is 0.122 e. The summed E-state index contributed by atoms with van der Waals surface area (Å²) < 4.78 is 7.29. The second-order valence-electron chi connectivity index (χ2n) is 3.74. The van der Waals surface area contributed by atoms with E-state index in [0.717, 1.165) is 36.5 Å². The van der Waals surface area contributed by atoms with E-state index >= 15 is 0 Å². The van der Waals surface area contributed by atoms with Crippen LogP contribution in [-0.4, -0.2) is 30.1 Å². The molecule has 0 aliphatic rings. The smallest absolute Gasteiger partial charge is 0.122 e. The van der Waals surface area contributed by atoms with Gasteiger partial charge >= 0.3 is 0 Å². The van der Waals surface area contributed by atoms with E-state index in [0.29, 0.717) is 0 Å². The van der Waals surface area contributed by atoms with Crippen LogP contribution in [0.1, 0.15) is 12.2 Å². The summed E-state index contributed by atoms with van der Waals surface area (Å²) in [4.78, 5) is 4.42. The number of ether oxygens (including phenoxy) is 1. The van der Waals surface area contributed by atoms with E-state index < -0.39 is 0 Å². The van der Waals surface area contributed by atoms with Crippen molar-refractivity contribution in [2.45, 2.75) is 12.8 Å². The minimum atomic E-state index is 0.870. The van der Waals surface area contributed by atoms with Gasteiger partial charge in [0.1, 0.15) is 11.6 Å². The molecule has 0 amide bonds. The first-order valence-electron chi connectivity index (χ1n) is 5.49. The van der Waals surface area contributed by atoms with Gasteiger partial charge < -0.3 is 14.5 Å². The van der Waals surface area contributed by atoms with Crippen LogP contribution in [0.15, 0.2) is 24.5 Å². The monoisotopic (exact) mass is 219 g/mol. The Hall–Kier alpha value is -1.55. The molecule has 2 aromatic heterocycles. The molecule has 0 unspecified atom stereocenters. The Morgan fingerprint density at radius 2 is 2.38 bits per heavy atom. The Bertz CT molecular complexity index is 464. The standard InChI is InChI=1S/C12H17N3O/c1-13-6-3-4-12-14-9-10-8-11(16-2)5-7-15(10)12/h5,7-9,13H,3-4,6H2,1-2H3. The summed E-state index contributed by atoms with van der Waals surface area (Å²) in [5.41, 5.74) is 1.08. The number of rotatable bonds is 5. The zero-order valence-electron chi connectivity index (χ0n) is 9.73. The Morgan fingerprint density at radius 1 is 1.50 bits per heavy atom. The third kappa shape index (κ3) is 2.17. The highest BCUT2D eigenvalue weighted by atomic mass is 16.5. The maximum atomic E-state index is 5.18. The summed E-state index contributed by atoms with van der Waals surface area (Å²) >= 11 is 0. The molecule has 0 saturated heterocycles. The number of imidazole rings is 1. The molecular weight excluding hydrogens is 202 g/mol. The highest BCUT2D eigenvalue weighted by Crippen LogP contribution is 2.15. The Kier molecular flexibility index (Phi) is 3.41. The highest BCUT2D eigenvalue weighted by Gasteiger charge is 2.03. The molecule has 0 aromatic carbocycles. The van der Waals surface area contributed by atoms with E-state index in [1.807, 2.05) is 31.6 Å². The van der Waals surface area contributed by atoms with Gasteiger partial charge in [-0.25, -0.2) is 4.98 Å². The van der Waals surface area contributed by atoms with Crippen molar-refractivity contribution in [3.63, 3.8) is 0 Å². The predicted molar refractivity (Wildman–Crippen MR) is 64.0 cm³/mol. The molecule has 0 bridgehead atoms. The summed E-state index contributed by atoms with van der Waals surface area (Å²) in [6, 6.07) is 3.95. The molecular formula is C12H17N3O. The molecule has 2 heterocycles. The van der Waals surface area contributed by atoms with E-state index in [1.54, 1.807) is 7.11 Å². The largest absolute Gasteiger partial charge is 0.497 e. The van der Waals surface area contributed by atoms with Crippen LogP contribution in [-0.2, 0) is 6.42 Å². The highest BCUT2D eigenvalue weighted by molar-refractivity contribution is 5.50. The van der Waals surface area contributed by atoms with E-state index in [1.165, 1.54) is 0 Å². The van der Waals surface area contributed by atoms with Gasteiger partial charge in [-0.2, -0.15) is 0 Å². The number of methoxy groups -OCH3 is 1. The SMILES string of the molecule is CNCCCc1ncc2cc(OC)ccn12. The van der Waals surface area contributed by atoms with E-state index in [9.17, 15) is 0 Å². The fourth-order valence-electron chi connectivity index (χ4n) is 1.77. The fraction of sp³-hybridized carbons (Fsp3) is 0.417. The Labute approximate surface area is 95.3 Å². The summed E-state index contributed by atoms with van der Waals surface area (Å²) in [5, 5.41) is 3.14. The lowest BCUT2D eigenvalue weighted by atomic mass is 10.3. The van der Waals surface area contributed by atoms with Gasteiger partial charge in [0.15, 0.2) is 0 Å². The van der Waals surface area contributed by atoms with Crippen molar-refractivity contribution in [1.29, 1.82) is 0 Å². The van der Waals surface area contributed by atoms with Crippen molar-refractivity contribution in [1.82, 2.24) is 14.7 Å². The summed E-state index contributed by atoms with van der Waals surface area (Å²) in [6.45, 7) is 1.02. The number of fused-ring (bicyclic) bond motifs is 1. The van der Waals surface area contributed by atoms with E-state index in [-0.39, 0.29) is 0 Å².